The van der Waals surface area contributed by atoms with Gasteiger partial charge in [0.1, 0.15) is 0 Å². The number of carbonyl (C=O) groups excluding carboxylic acids is 2. The van der Waals surface area contributed by atoms with E-state index in [9.17, 15) is 9.59 Å². The minimum Gasteiger partial charge on any atom is -0.463 e. The number of hydrogen-bond donors (Lipinski definition) is 0. The zero-order valence-electron chi connectivity index (χ0n) is 14.0. The third-order valence-electron chi connectivity index (χ3n) is 3.99. The first-order valence-electron chi connectivity index (χ1n) is 8.48. The van der Waals surface area contributed by atoms with E-state index in [-0.39, 0.29) is 5.91 Å². The highest BCUT2D eigenvalue weighted by atomic mass is 16.5. The highest BCUT2D eigenvalue weighted by Crippen LogP contribution is 2.36. The van der Waals surface area contributed by atoms with E-state index in [1.165, 1.54) is 25.3 Å². The summed E-state index contributed by atoms with van der Waals surface area (Å²) in [5.41, 5.74) is 2.15. The molecule has 124 valence electrons. The Balaban J connectivity index is 2.13. The molecule has 0 saturated heterocycles. The molecule has 1 aromatic rings. The van der Waals surface area contributed by atoms with Crippen LogP contribution in [0.25, 0.3) is 5.57 Å². The van der Waals surface area contributed by atoms with Crippen molar-refractivity contribution in [3.8, 4) is 0 Å². The summed E-state index contributed by atoms with van der Waals surface area (Å²) in [7, 11) is 0. The third-order valence-corrected chi connectivity index (χ3v) is 3.99. The SMILES string of the molecule is CCCCCCCN1C(=O)C(=CC(=O)OCC)c2ccccc21. The number of anilines is 1. The van der Waals surface area contributed by atoms with Gasteiger partial charge in [-0.2, -0.15) is 0 Å². The Kier molecular flexibility index (Phi) is 6.39. The molecule has 1 heterocycles. The first kappa shape index (κ1) is 17.3. The maximum atomic E-state index is 12.7. The summed E-state index contributed by atoms with van der Waals surface area (Å²) >= 11 is 0. The predicted octanol–water partition coefficient (Wildman–Crippen LogP) is 3.95. The fourth-order valence-electron chi connectivity index (χ4n) is 2.84. The van der Waals surface area contributed by atoms with Crippen LogP contribution in [0.1, 0.15) is 51.5 Å². The molecule has 0 atom stereocenters. The summed E-state index contributed by atoms with van der Waals surface area (Å²) in [6.07, 6.45) is 7.06. The van der Waals surface area contributed by atoms with Crippen LogP contribution in [-0.4, -0.2) is 25.0 Å². The molecule has 23 heavy (non-hydrogen) atoms. The highest BCUT2D eigenvalue weighted by Gasteiger charge is 2.32. The lowest BCUT2D eigenvalue weighted by atomic mass is 10.1. The number of esters is 1. The van der Waals surface area contributed by atoms with Crippen molar-refractivity contribution < 1.29 is 14.3 Å². The van der Waals surface area contributed by atoms with Gasteiger partial charge in [-0.15, -0.1) is 0 Å². The van der Waals surface area contributed by atoms with Crippen LogP contribution >= 0.6 is 0 Å². The number of para-hydroxylation sites is 1. The van der Waals surface area contributed by atoms with Gasteiger partial charge in [0, 0.05) is 18.2 Å². The van der Waals surface area contributed by atoms with Gasteiger partial charge in [-0.05, 0) is 19.4 Å². The molecule has 0 N–H and O–H groups in total. The Morgan fingerprint density at radius 3 is 2.61 bits per heavy atom. The van der Waals surface area contributed by atoms with Crippen molar-refractivity contribution >= 4 is 23.1 Å². The number of amides is 1. The van der Waals surface area contributed by atoms with Gasteiger partial charge in [-0.25, -0.2) is 4.79 Å². The maximum absolute atomic E-state index is 12.7. The molecule has 0 radical (unpaired) electrons. The van der Waals surface area contributed by atoms with Gasteiger partial charge in [0.2, 0.25) is 0 Å². The van der Waals surface area contributed by atoms with Gasteiger partial charge < -0.3 is 9.64 Å². The number of carbonyl (C=O) groups is 2. The fourth-order valence-corrected chi connectivity index (χ4v) is 2.84. The molecule has 0 bridgehead atoms. The number of rotatable bonds is 8. The van der Waals surface area contributed by atoms with Crippen LogP contribution in [0.3, 0.4) is 0 Å². The zero-order chi connectivity index (χ0) is 16.7. The van der Waals surface area contributed by atoms with Crippen molar-refractivity contribution in [3.05, 3.63) is 35.9 Å². The second-order valence-corrected chi connectivity index (χ2v) is 5.70. The Hall–Kier alpha value is -2.10. The lowest BCUT2D eigenvalue weighted by Gasteiger charge is -2.16. The molecular weight excluding hydrogens is 290 g/mol. The van der Waals surface area contributed by atoms with Gasteiger partial charge in [-0.3, -0.25) is 4.79 Å². The van der Waals surface area contributed by atoms with Crippen LogP contribution in [0.2, 0.25) is 0 Å². The van der Waals surface area contributed by atoms with Crippen LogP contribution in [0.15, 0.2) is 30.3 Å². The molecule has 2 rings (SSSR count). The van der Waals surface area contributed by atoms with E-state index < -0.39 is 5.97 Å². The molecule has 0 spiro atoms. The number of benzene rings is 1. The molecule has 1 aliphatic rings. The number of nitrogens with zero attached hydrogens (tertiary/aromatic N) is 1. The number of unbranched alkanes of at least 4 members (excludes halogenated alkanes) is 4. The Morgan fingerprint density at radius 2 is 1.87 bits per heavy atom. The first-order chi connectivity index (χ1) is 11.2. The molecule has 0 unspecified atom stereocenters. The van der Waals surface area contributed by atoms with Crippen LogP contribution in [0, 0.1) is 0 Å². The van der Waals surface area contributed by atoms with E-state index in [2.05, 4.69) is 6.92 Å². The Labute approximate surface area is 138 Å². The van der Waals surface area contributed by atoms with E-state index in [4.69, 9.17) is 4.74 Å². The van der Waals surface area contributed by atoms with Crippen molar-refractivity contribution in [1.82, 2.24) is 0 Å². The predicted molar refractivity (Wildman–Crippen MR) is 92.2 cm³/mol. The molecule has 1 aromatic carbocycles. The molecule has 0 saturated carbocycles. The number of fused-ring (bicyclic) bond motifs is 1. The largest absolute Gasteiger partial charge is 0.463 e. The molecular formula is C19H25NO3. The highest BCUT2D eigenvalue weighted by molar-refractivity contribution is 6.34. The van der Waals surface area contributed by atoms with Crippen molar-refractivity contribution in [2.24, 2.45) is 0 Å². The van der Waals surface area contributed by atoms with E-state index in [0.717, 1.165) is 24.1 Å². The van der Waals surface area contributed by atoms with Crippen LogP contribution in [0.4, 0.5) is 5.69 Å². The Bertz CT molecular complexity index is 592. The quantitative estimate of drug-likeness (QED) is 0.414. The molecule has 1 amide bonds. The minimum atomic E-state index is -0.463. The van der Waals surface area contributed by atoms with E-state index >= 15 is 0 Å². The summed E-state index contributed by atoms with van der Waals surface area (Å²) in [6.45, 7) is 4.94. The van der Waals surface area contributed by atoms with Gasteiger partial charge in [0.15, 0.2) is 0 Å². The smallest absolute Gasteiger partial charge is 0.331 e. The molecule has 0 fully saturated rings. The van der Waals surface area contributed by atoms with Crippen molar-refractivity contribution in [2.45, 2.75) is 46.0 Å². The molecule has 0 aliphatic carbocycles. The van der Waals surface area contributed by atoms with Crippen LogP contribution in [0.5, 0.6) is 0 Å². The first-order valence-corrected chi connectivity index (χ1v) is 8.48. The van der Waals surface area contributed by atoms with Gasteiger partial charge in [0.05, 0.1) is 17.9 Å². The van der Waals surface area contributed by atoms with E-state index in [1.807, 2.05) is 24.3 Å². The van der Waals surface area contributed by atoms with Crippen molar-refractivity contribution in [3.63, 3.8) is 0 Å². The monoisotopic (exact) mass is 315 g/mol. The lowest BCUT2D eigenvalue weighted by Crippen LogP contribution is -2.27. The van der Waals surface area contributed by atoms with E-state index in [1.54, 1.807) is 11.8 Å². The van der Waals surface area contributed by atoms with Gasteiger partial charge >= 0.3 is 5.97 Å². The molecule has 1 aliphatic heterocycles. The number of ether oxygens (including phenoxy) is 1. The standard InChI is InChI=1S/C19H25NO3/c1-3-5-6-7-10-13-20-17-12-9-8-11-15(17)16(19(20)22)14-18(21)23-4-2/h8-9,11-12,14H,3-7,10,13H2,1-2H3. The average molecular weight is 315 g/mol. The second kappa shape index (κ2) is 8.51. The average Bonchev–Trinajstić information content (AvgIpc) is 2.80. The summed E-state index contributed by atoms with van der Waals surface area (Å²) in [5.74, 6) is -0.565. The third kappa shape index (κ3) is 4.21. The van der Waals surface area contributed by atoms with E-state index in [0.29, 0.717) is 18.7 Å². The summed E-state index contributed by atoms with van der Waals surface area (Å²) in [5, 5.41) is 0. The molecule has 4 heteroatoms. The van der Waals surface area contributed by atoms with Gasteiger partial charge in [-0.1, -0.05) is 50.8 Å². The lowest BCUT2D eigenvalue weighted by molar-refractivity contribution is -0.137. The summed E-state index contributed by atoms with van der Waals surface area (Å²) in [6, 6.07) is 7.63. The summed E-state index contributed by atoms with van der Waals surface area (Å²) in [4.78, 5) is 26.2. The topological polar surface area (TPSA) is 46.6 Å². The normalized spacial score (nSPS) is 15.1. The van der Waals surface area contributed by atoms with Gasteiger partial charge in [0.25, 0.3) is 5.91 Å². The maximum Gasteiger partial charge on any atom is 0.331 e. The van der Waals surface area contributed by atoms with Crippen molar-refractivity contribution in [1.29, 1.82) is 0 Å². The fraction of sp³-hybridized carbons (Fsp3) is 0.474. The molecule has 4 nitrogen and oxygen atoms in total. The Morgan fingerprint density at radius 1 is 1.13 bits per heavy atom. The number of hydrogen-bond acceptors (Lipinski definition) is 3. The second-order valence-electron chi connectivity index (χ2n) is 5.70. The molecule has 0 aromatic heterocycles. The summed E-state index contributed by atoms with van der Waals surface area (Å²) < 4.78 is 4.94. The van der Waals surface area contributed by atoms with Crippen LogP contribution in [-0.2, 0) is 14.3 Å². The zero-order valence-corrected chi connectivity index (χ0v) is 14.0. The minimum absolute atomic E-state index is 0.102. The van der Waals surface area contributed by atoms with Crippen molar-refractivity contribution in [2.75, 3.05) is 18.1 Å². The van der Waals surface area contributed by atoms with Crippen LogP contribution < -0.4 is 4.90 Å².